The standard InChI is InChI=1S/C25H31N3O5.C20H23N3O3.ClH/c1-25(2,3)33-24(31)27-16-14-26(15-17-27)23(30)28(21-8-6-5-7-9-21)18-19-10-12-20(13-11-19)22(29)32-4;1-26-19(24)17-9-7-16(8-10-17)15-23(18-5-3-2-4-6-18)20(25)22-13-11-21-12-14-22;/h5-13H,14-18H2,1-4H3;2-10,21H,11-15H2,1H3;1H. The van der Waals surface area contributed by atoms with Crippen molar-refractivity contribution in [2.45, 2.75) is 39.5 Å². The van der Waals surface area contributed by atoms with Crippen LogP contribution in [-0.2, 0) is 27.3 Å². The second kappa shape index (κ2) is 22.3. The van der Waals surface area contributed by atoms with Gasteiger partial charge in [0.25, 0.3) is 0 Å². The number of esters is 2. The van der Waals surface area contributed by atoms with Crippen LogP contribution < -0.4 is 15.1 Å². The van der Waals surface area contributed by atoms with Gasteiger partial charge in [0.2, 0.25) is 0 Å². The summed E-state index contributed by atoms with van der Waals surface area (Å²) in [4.78, 5) is 70.9. The van der Waals surface area contributed by atoms with Gasteiger partial charge in [-0.15, -0.1) is 12.4 Å². The number of ether oxygens (including phenoxy) is 3. The molecule has 14 nitrogen and oxygen atoms in total. The minimum absolute atomic E-state index is 0. The fraction of sp³-hybridized carbons (Fsp3) is 0.356. The molecule has 0 saturated carbocycles. The fourth-order valence-electron chi connectivity index (χ4n) is 6.45. The van der Waals surface area contributed by atoms with Gasteiger partial charge in [-0.2, -0.15) is 0 Å². The number of nitrogens with zero attached hydrogens (tertiary/aromatic N) is 5. The van der Waals surface area contributed by atoms with Crippen LogP contribution in [0.15, 0.2) is 109 Å². The van der Waals surface area contributed by atoms with Crippen LogP contribution in [0.5, 0.6) is 0 Å². The molecule has 4 aromatic carbocycles. The van der Waals surface area contributed by atoms with Crippen LogP contribution in [0.3, 0.4) is 0 Å². The van der Waals surface area contributed by atoms with Crippen LogP contribution in [0.25, 0.3) is 0 Å². The molecule has 0 aromatic heterocycles. The zero-order chi connectivity index (χ0) is 42.4. The Kier molecular flexibility index (Phi) is 17.3. The van der Waals surface area contributed by atoms with Crippen molar-refractivity contribution < 1.29 is 38.2 Å². The monoisotopic (exact) mass is 842 g/mol. The lowest BCUT2D eigenvalue weighted by Gasteiger charge is -2.38. The number of hydrogen-bond acceptors (Lipinski definition) is 9. The van der Waals surface area contributed by atoms with Crippen LogP contribution >= 0.6 is 12.4 Å². The lowest BCUT2D eigenvalue weighted by molar-refractivity contribution is 0.0171. The molecule has 0 unspecified atom stereocenters. The van der Waals surface area contributed by atoms with E-state index in [2.05, 4.69) is 5.32 Å². The molecule has 2 fully saturated rings. The Hall–Kier alpha value is -6.12. The van der Waals surface area contributed by atoms with Gasteiger partial charge in [0.05, 0.1) is 38.4 Å². The Balaban J connectivity index is 0.000000267. The molecule has 2 aliphatic rings. The molecule has 2 aliphatic heterocycles. The Bertz CT molecular complexity index is 2000. The molecule has 0 aliphatic carbocycles. The number of hydrogen-bond donors (Lipinski definition) is 1. The minimum atomic E-state index is -0.558. The number of urea groups is 2. The molecule has 0 bridgehead atoms. The number of carbonyl (C=O) groups is 5. The topological polar surface area (TPSA) is 141 Å². The number of benzene rings is 4. The van der Waals surface area contributed by atoms with Crippen LogP contribution in [0.2, 0.25) is 0 Å². The molecule has 0 spiro atoms. The highest BCUT2D eigenvalue weighted by atomic mass is 35.5. The predicted molar refractivity (Wildman–Crippen MR) is 233 cm³/mol. The summed E-state index contributed by atoms with van der Waals surface area (Å²) in [6.07, 6.45) is -0.361. The van der Waals surface area contributed by atoms with Gasteiger partial charge >= 0.3 is 30.1 Å². The van der Waals surface area contributed by atoms with Crippen LogP contribution in [0, 0.1) is 0 Å². The highest BCUT2D eigenvalue weighted by Gasteiger charge is 2.30. The third-order valence-corrected chi connectivity index (χ3v) is 9.62. The van der Waals surface area contributed by atoms with Gasteiger partial charge in [-0.05, 0) is 80.4 Å². The molecule has 2 saturated heterocycles. The molecular formula is C45H55ClN6O8. The number of amides is 5. The number of nitrogens with one attached hydrogen (secondary N) is 1. The van der Waals surface area contributed by atoms with E-state index in [-0.39, 0.29) is 36.5 Å². The van der Waals surface area contributed by atoms with Crippen LogP contribution in [0.1, 0.15) is 52.6 Å². The number of carbonyl (C=O) groups excluding carboxylic acids is 5. The van der Waals surface area contributed by atoms with Crippen molar-refractivity contribution >= 4 is 53.9 Å². The summed E-state index contributed by atoms with van der Waals surface area (Å²) >= 11 is 0. The van der Waals surface area contributed by atoms with E-state index < -0.39 is 11.6 Å². The molecule has 4 aromatic rings. The van der Waals surface area contributed by atoms with Crippen molar-refractivity contribution in [3.8, 4) is 0 Å². The maximum Gasteiger partial charge on any atom is 0.410 e. The average molecular weight is 843 g/mol. The van der Waals surface area contributed by atoms with E-state index >= 15 is 0 Å². The third-order valence-electron chi connectivity index (χ3n) is 9.62. The number of rotatable bonds is 8. The first-order valence-corrected chi connectivity index (χ1v) is 19.6. The van der Waals surface area contributed by atoms with Crippen molar-refractivity contribution in [2.75, 3.05) is 76.4 Å². The summed E-state index contributed by atoms with van der Waals surface area (Å²) in [5, 5.41) is 3.26. The number of anilines is 2. The molecule has 6 rings (SSSR count). The molecule has 1 N–H and O–H groups in total. The van der Waals surface area contributed by atoms with Crippen molar-refractivity contribution in [2.24, 2.45) is 0 Å². The van der Waals surface area contributed by atoms with E-state index in [1.807, 2.05) is 111 Å². The van der Waals surface area contributed by atoms with E-state index in [1.165, 1.54) is 14.2 Å². The highest BCUT2D eigenvalue weighted by Crippen LogP contribution is 2.22. The van der Waals surface area contributed by atoms with Crippen molar-refractivity contribution in [3.05, 3.63) is 131 Å². The number of para-hydroxylation sites is 2. The summed E-state index contributed by atoms with van der Waals surface area (Å²) in [6.45, 7) is 11.0. The zero-order valence-electron chi connectivity index (χ0n) is 34.9. The Labute approximate surface area is 358 Å². The molecule has 60 heavy (non-hydrogen) atoms. The van der Waals surface area contributed by atoms with Gasteiger partial charge in [0, 0.05) is 63.7 Å². The first kappa shape index (κ1) is 46.6. The average Bonchev–Trinajstić information content (AvgIpc) is 3.27. The smallest absolute Gasteiger partial charge is 0.410 e. The molecule has 15 heteroatoms. The minimum Gasteiger partial charge on any atom is -0.465 e. The Morgan fingerprint density at radius 2 is 0.917 bits per heavy atom. The summed E-state index contributed by atoms with van der Waals surface area (Å²) in [6, 6.07) is 33.1. The summed E-state index contributed by atoms with van der Waals surface area (Å²) in [5.74, 6) is -0.770. The van der Waals surface area contributed by atoms with E-state index in [9.17, 15) is 24.0 Å². The summed E-state index contributed by atoms with van der Waals surface area (Å²) in [5.41, 5.74) is 3.85. The highest BCUT2D eigenvalue weighted by molar-refractivity contribution is 5.93. The van der Waals surface area contributed by atoms with Crippen molar-refractivity contribution in [3.63, 3.8) is 0 Å². The Morgan fingerprint density at radius 1 is 0.550 bits per heavy atom. The summed E-state index contributed by atoms with van der Waals surface area (Å²) in [7, 11) is 2.70. The van der Waals surface area contributed by atoms with Gasteiger partial charge in [0.1, 0.15) is 5.60 Å². The zero-order valence-corrected chi connectivity index (χ0v) is 35.7. The van der Waals surface area contributed by atoms with E-state index in [0.29, 0.717) is 63.5 Å². The quantitative estimate of drug-likeness (QED) is 0.146. The predicted octanol–water partition coefficient (Wildman–Crippen LogP) is 7.08. The number of piperazine rings is 2. The molecule has 0 radical (unpaired) electrons. The normalized spacial score (nSPS) is 13.7. The molecular weight excluding hydrogens is 788 g/mol. The second-order valence-electron chi connectivity index (χ2n) is 15.0. The van der Waals surface area contributed by atoms with Gasteiger partial charge in [-0.1, -0.05) is 60.7 Å². The summed E-state index contributed by atoms with van der Waals surface area (Å²) < 4.78 is 14.9. The van der Waals surface area contributed by atoms with E-state index in [1.54, 1.807) is 43.9 Å². The fourth-order valence-corrected chi connectivity index (χ4v) is 6.45. The Morgan fingerprint density at radius 3 is 1.28 bits per heavy atom. The SMILES string of the molecule is COC(=O)c1ccc(CN(C(=O)N2CCN(C(=O)OC(C)(C)C)CC2)c2ccccc2)cc1.COC(=O)c1ccc(CN(C(=O)N2CCNCC2)c2ccccc2)cc1.Cl. The maximum absolute atomic E-state index is 13.5. The first-order chi connectivity index (χ1) is 28.4. The molecule has 5 amide bonds. The van der Waals surface area contributed by atoms with Crippen LogP contribution in [-0.4, -0.2) is 117 Å². The lowest BCUT2D eigenvalue weighted by Crippen LogP contribution is -2.54. The van der Waals surface area contributed by atoms with Crippen molar-refractivity contribution in [1.29, 1.82) is 0 Å². The first-order valence-electron chi connectivity index (χ1n) is 19.6. The number of halogens is 1. The van der Waals surface area contributed by atoms with Crippen LogP contribution in [0.4, 0.5) is 25.8 Å². The van der Waals surface area contributed by atoms with Gasteiger partial charge < -0.3 is 34.2 Å². The number of methoxy groups -OCH3 is 2. The van der Waals surface area contributed by atoms with E-state index in [4.69, 9.17) is 14.2 Å². The van der Waals surface area contributed by atoms with Gasteiger partial charge in [-0.25, -0.2) is 24.0 Å². The molecule has 0 atom stereocenters. The van der Waals surface area contributed by atoms with Gasteiger partial charge in [0.15, 0.2) is 0 Å². The second-order valence-corrected chi connectivity index (χ2v) is 15.0. The third kappa shape index (κ3) is 13.2. The lowest BCUT2D eigenvalue weighted by atomic mass is 10.1. The molecule has 320 valence electrons. The largest absolute Gasteiger partial charge is 0.465 e. The maximum atomic E-state index is 13.5. The molecule has 2 heterocycles. The van der Waals surface area contributed by atoms with Gasteiger partial charge in [-0.3, -0.25) is 9.80 Å². The van der Waals surface area contributed by atoms with Crippen molar-refractivity contribution in [1.82, 2.24) is 20.0 Å². The van der Waals surface area contributed by atoms with E-state index in [0.717, 1.165) is 35.6 Å².